The molecule has 1 N–H and O–H groups in total. The molecule has 3 rings (SSSR count). The molecular formula is C18H23ClN2O. The van der Waals surface area contributed by atoms with Crippen LogP contribution in [0.5, 0.6) is 0 Å². The molecule has 1 saturated heterocycles. The van der Waals surface area contributed by atoms with Gasteiger partial charge in [-0.3, -0.25) is 9.69 Å². The summed E-state index contributed by atoms with van der Waals surface area (Å²) in [6.45, 7) is 9.15. The van der Waals surface area contributed by atoms with Gasteiger partial charge in [0.15, 0.2) is 5.43 Å². The number of hydrogen-bond acceptors (Lipinski definition) is 2. The van der Waals surface area contributed by atoms with Gasteiger partial charge in [-0.25, -0.2) is 0 Å². The van der Waals surface area contributed by atoms with Gasteiger partial charge in [-0.05, 0) is 56.8 Å². The van der Waals surface area contributed by atoms with Gasteiger partial charge in [0.1, 0.15) is 0 Å². The maximum absolute atomic E-state index is 12.9. The lowest BCUT2D eigenvalue weighted by Crippen LogP contribution is -2.35. The molecule has 2 aromatic rings. The molecule has 0 aliphatic carbocycles. The Labute approximate surface area is 136 Å². The molecule has 0 saturated carbocycles. The topological polar surface area (TPSA) is 36.1 Å². The Morgan fingerprint density at radius 3 is 2.86 bits per heavy atom. The van der Waals surface area contributed by atoms with E-state index in [9.17, 15) is 4.79 Å². The van der Waals surface area contributed by atoms with Gasteiger partial charge >= 0.3 is 0 Å². The summed E-state index contributed by atoms with van der Waals surface area (Å²) in [5.41, 5.74) is 3.89. The second-order valence-corrected chi connectivity index (χ2v) is 7.12. The third-order valence-corrected chi connectivity index (χ3v) is 4.93. The number of aromatic amines is 1. The highest BCUT2D eigenvalue weighted by molar-refractivity contribution is 6.31. The number of H-pyrrole nitrogens is 1. The number of pyridine rings is 1. The van der Waals surface area contributed by atoms with E-state index in [0.717, 1.165) is 42.0 Å². The van der Waals surface area contributed by atoms with E-state index in [0.29, 0.717) is 16.3 Å². The van der Waals surface area contributed by atoms with E-state index in [4.69, 9.17) is 11.6 Å². The third-order valence-electron chi connectivity index (χ3n) is 4.71. The highest BCUT2D eigenvalue weighted by Crippen LogP contribution is 2.23. The van der Waals surface area contributed by atoms with Crippen LogP contribution in [0, 0.1) is 19.8 Å². The molecule has 1 aliphatic rings. The largest absolute Gasteiger partial charge is 0.358 e. The van der Waals surface area contributed by atoms with Gasteiger partial charge in [0.25, 0.3) is 0 Å². The molecule has 0 amide bonds. The van der Waals surface area contributed by atoms with Crippen molar-refractivity contribution >= 4 is 22.5 Å². The minimum Gasteiger partial charge on any atom is -0.358 e. The van der Waals surface area contributed by atoms with Gasteiger partial charge in [0.2, 0.25) is 0 Å². The lowest BCUT2D eigenvalue weighted by atomic mass is 9.99. The van der Waals surface area contributed by atoms with Crippen LogP contribution in [-0.4, -0.2) is 23.0 Å². The van der Waals surface area contributed by atoms with Gasteiger partial charge in [-0.1, -0.05) is 18.5 Å². The zero-order valence-electron chi connectivity index (χ0n) is 13.5. The quantitative estimate of drug-likeness (QED) is 0.907. The molecule has 1 atom stereocenters. The van der Waals surface area contributed by atoms with E-state index in [1.807, 2.05) is 19.9 Å². The smallest absolute Gasteiger partial charge is 0.194 e. The van der Waals surface area contributed by atoms with E-state index in [2.05, 4.69) is 16.8 Å². The molecule has 0 bridgehead atoms. The minimum atomic E-state index is 0.120. The first kappa shape index (κ1) is 15.6. The number of halogens is 1. The Morgan fingerprint density at radius 2 is 2.14 bits per heavy atom. The number of likely N-dealkylation sites (tertiary alicyclic amines) is 1. The first-order valence-electron chi connectivity index (χ1n) is 7.99. The molecule has 0 spiro atoms. The number of aryl methyl sites for hydroxylation is 2. The van der Waals surface area contributed by atoms with Crippen molar-refractivity contribution in [3.8, 4) is 0 Å². The maximum atomic E-state index is 12.9. The molecule has 118 valence electrons. The predicted molar refractivity (Wildman–Crippen MR) is 92.7 cm³/mol. The fourth-order valence-corrected chi connectivity index (χ4v) is 3.80. The van der Waals surface area contributed by atoms with Crippen LogP contribution < -0.4 is 5.43 Å². The van der Waals surface area contributed by atoms with Crippen LogP contribution in [0.1, 0.15) is 36.6 Å². The molecule has 0 radical (unpaired) electrons. The summed E-state index contributed by atoms with van der Waals surface area (Å²) in [6.07, 6.45) is 2.51. The fraction of sp³-hybridized carbons (Fsp3) is 0.500. The van der Waals surface area contributed by atoms with E-state index < -0.39 is 0 Å². The van der Waals surface area contributed by atoms with Crippen LogP contribution in [0.15, 0.2) is 16.9 Å². The van der Waals surface area contributed by atoms with Crippen molar-refractivity contribution in [2.24, 2.45) is 5.92 Å². The van der Waals surface area contributed by atoms with Crippen LogP contribution in [-0.2, 0) is 6.54 Å². The number of rotatable bonds is 2. The molecule has 22 heavy (non-hydrogen) atoms. The number of nitrogens with zero attached hydrogens (tertiary/aromatic N) is 1. The van der Waals surface area contributed by atoms with E-state index >= 15 is 0 Å². The highest BCUT2D eigenvalue weighted by atomic mass is 35.5. The van der Waals surface area contributed by atoms with E-state index in [1.165, 1.54) is 12.8 Å². The number of nitrogens with one attached hydrogen (secondary N) is 1. The van der Waals surface area contributed by atoms with Crippen molar-refractivity contribution in [3.63, 3.8) is 0 Å². The monoisotopic (exact) mass is 318 g/mol. The zero-order valence-corrected chi connectivity index (χ0v) is 14.3. The van der Waals surface area contributed by atoms with Gasteiger partial charge in [-0.2, -0.15) is 0 Å². The predicted octanol–water partition coefficient (Wildman–Crippen LogP) is 4.03. The van der Waals surface area contributed by atoms with Crippen molar-refractivity contribution in [3.05, 3.63) is 44.2 Å². The number of hydrogen-bond donors (Lipinski definition) is 1. The highest BCUT2D eigenvalue weighted by Gasteiger charge is 2.19. The van der Waals surface area contributed by atoms with E-state index in [-0.39, 0.29) is 5.43 Å². The lowest BCUT2D eigenvalue weighted by molar-refractivity contribution is 0.176. The molecule has 1 unspecified atom stereocenters. The van der Waals surface area contributed by atoms with Crippen molar-refractivity contribution in [1.29, 1.82) is 0 Å². The van der Waals surface area contributed by atoms with Crippen LogP contribution in [0.4, 0.5) is 0 Å². The first-order chi connectivity index (χ1) is 10.5. The zero-order chi connectivity index (χ0) is 15.9. The fourth-order valence-electron chi connectivity index (χ4n) is 3.53. The molecule has 4 heteroatoms. The van der Waals surface area contributed by atoms with Crippen LogP contribution in [0.2, 0.25) is 5.02 Å². The molecule has 1 aromatic heterocycles. The SMILES string of the molecule is Cc1[nH]c2c(C)cc(Cl)cc2c(=O)c1CN1CCCC(C)C1. The second-order valence-electron chi connectivity index (χ2n) is 6.69. The summed E-state index contributed by atoms with van der Waals surface area (Å²) in [4.78, 5) is 18.7. The standard InChI is InChI=1S/C18H23ClN2O/c1-11-5-4-6-21(9-11)10-16-13(3)20-17-12(2)7-14(19)8-15(17)18(16)22/h7-8,11H,4-6,9-10H2,1-3H3,(H,20,22). The van der Waals surface area contributed by atoms with Crippen LogP contribution in [0.25, 0.3) is 10.9 Å². The molecule has 3 nitrogen and oxygen atoms in total. The van der Waals surface area contributed by atoms with Crippen LogP contribution in [0.3, 0.4) is 0 Å². The molecule has 1 fully saturated rings. The summed E-state index contributed by atoms with van der Waals surface area (Å²) in [5, 5.41) is 1.33. The second kappa shape index (κ2) is 6.05. The first-order valence-corrected chi connectivity index (χ1v) is 8.37. The van der Waals surface area contributed by atoms with E-state index in [1.54, 1.807) is 6.07 Å². The van der Waals surface area contributed by atoms with Gasteiger partial charge in [0.05, 0.1) is 5.52 Å². The Hall–Kier alpha value is -1.32. The average molecular weight is 319 g/mol. The lowest BCUT2D eigenvalue weighted by Gasteiger charge is -2.31. The van der Waals surface area contributed by atoms with Crippen LogP contribution >= 0.6 is 11.6 Å². The molecule has 2 heterocycles. The number of benzene rings is 1. The Kier molecular flexibility index (Phi) is 4.28. The molecule has 1 aliphatic heterocycles. The van der Waals surface area contributed by atoms with Gasteiger partial charge in [-0.15, -0.1) is 0 Å². The summed E-state index contributed by atoms with van der Waals surface area (Å²) < 4.78 is 0. The summed E-state index contributed by atoms with van der Waals surface area (Å²) in [5.74, 6) is 0.713. The van der Waals surface area contributed by atoms with Crippen molar-refractivity contribution in [2.45, 2.75) is 40.2 Å². The Morgan fingerprint density at radius 1 is 1.36 bits per heavy atom. The number of fused-ring (bicyclic) bond motifs is 1. The summed E-state index contributed by atoms with van der Waals surface area (Å²) >= 11 is 6.14. The van der Waals surface area contributed by atoms with Gasteiger partial charge in [0, 0.05) is 34.8 Å². The minimum absolute atomic E-state index is 0.120. The number of aromatic nitrogens is 1. The number of piperidine rings is 1. The van der Waals surface area contributed by atoms with Crippen molar-refractivity contribution < 1.29 is 0 Å². The Bertz CT molecular complexity index is 766. The normalized spacial score (nSPS) is 19.7. The summed E-state index contributed by atoms with van der Waals surface area (Å²) in [6, 6.07) is 3.68. The molecule has 1 aromatic carbocycles. The van der Waals surface area contributed by atoms with Crippen molar-refractivity contribution in [2.75, 3.05) is 13.1 Å². The van der Waals surface area contributed by atoms with Gasteiger partial charge < -0.3 is 4.98 Å². The third kappa shape index (κ3) is 2.92. The summed E-state index contributed by atoms with van der Waals surface area (Å²) in [7, 11) is 0. The molecular weight excluding hydrogens is 296 g/mol. The average Bonchev–Trinajstić information content (AvgIpc) is 2.45. The van der Waals surface area contributed by atoms with Crippen molar-refractivity contribution in [1.82, 2.24) is 9.88 Å². The maximum Gasteiger partial charge on any atom is 0.194 e. The Balaban J connectivity index is 2.04.